The minimum absolute atomic E-state index is 0.0722. The summed E-state index contributed by atoms with van der Waals surface area (Å²) in [5.74, 6) is 0.142. The van der Waals surface area contributed by atoms with Crippen LogP contribution < -0.4 is 15.5 Å². The van der Waals surface area contributed by atoms with E-state index in [0.717, 1.165) is 11.1 Å². The van der Waals surface area contributed by atoms with Gasteiger partial charge >= 0.3 is 0 Å². The van der Waals surface area contributed by atoms with Crippen LogP contribution in [0.4, 0.5) is 5.69 Å². The van der Waals surface area contributed by atoms with Crippen LogP contribution in [0.2, 0.25) is 5.02 Å². The molecule has 1 heterocycles. The molecule has 0 saturated carbocycles. The standard InChI is InChI=1S/C20H19ClN2O3/c1-4-26-14-6-8-18-15(10-14)19(24)16(11-23(18)3)20(25)22-17-7-5-13(21)9-12(17)2/h5-11H,4H2,1-3H3,(H,22,25). The van der Waals surface area contributed by atoms with Crippen molar-refractivity contribution in [1.82, 2.24) is 4.57 Å². The number of pyridine rings is 1. The number of aromatic nitrogens is 1. The first-order valence-electron chi connectivity index (χ1n) is 8.24. The van der Waals surface area contributed by atoms with E-state index in [2.05, 4.69) is 5.32 Å². The third-order valence-electron chi connectivity index (χ3n) is 4.15. The quantitative estimate of drug-likeness (QED) is 0.750. The number of amides is 1. The molecule has 6 heteroatoms. The number of rotatable bonds is 4. The summed E-state index contributed by atoms with van der Waals surface area (Å²) >= 11 is 5.94. The fraction of sp³-hybridized carbons (Fsp3) is 0.200. The Bertz CT molecular complexity index is 1060. The minimum atomic E-state index is -0.459. The zero-order chi connectivity index (χ0) is 18.8. The first-order valence-corrected chi connectivity index (χ1v) is 8.62. The van der Waals surface area contributed by atoms with Crippen LogP contribution in [0.1, 0.15) is 22.8 Å². The third kappa shape index (κ3) is 3.44. The fourth-order valence-electron chi connectivity index (χ4n) is 2.85. The van der Waals surface area contributed by atoms with Gasteiger partial charge in [0, 0.05) is 24.0 Å². The van der Waals surface area contributed by atoms with Gasteiger partial charge in [-0.1, -0.05) is 11.6 Å². The van der Waals surface area contributed by atoms with E-state index >= 15 is 0 Å². The predicted molar refractivity (Wildman–Crippen MR) is 105 cm³/mol. The molecule has 0 fully saturated rings. The Morgan fingerprint density at radius 3 is 2.69 bits per heavy atom. The van der Waals surface area contributed by atoms with Gasteiger partial charge in [-0.05, 0) is 55.8 Å². The Labute approximate surface area is 156 Å². The van der Waals surface area contributed by atoms with Gasteiger partial charge in [-0.15, -0.1) is 0 Å². The van der Waals surface area contributed by atoms with Gasteiger partial charge in [-0.2, -0.15) is 0 Å². The van der Waals surface area contributed by atoms with Crippen molar-refractivity contribution in [3.63, 3.8) is 0 Å². The molecule has 0 aliphatic rings. The van der Waals surface area contributed by atoms with Gasteiger partial charge in [-0.3, -0.25) is 9.59 Å². The summed E-state index contributed by atoms with van der Waals surface area (Å²) in [5.41, 5.74) is 1.91. The van der Waals surface area contributed by atoms with E-state index in [1.165, 1.54) is 0 Å². The molecule has 1 amide bonds. The lowest BCUT2D eigenvalue weighted by Crippen LogP contribution is -2.23. The molecule has 3 aromatic rings. The summed E-state index contributed by atoms with van der Waals surface area (Å²) in [7, 11) is 1.80. The van der Waals surface area contributed by atoms with Gasteiger partial charge in [0.25, 0.3) is 5.91 Å². The highest BCUT2D eigenvalue weighted by atomic mass is 35.5. The Morgan fingerprint density at radius 2 is 2.00 bits per heavy atom. The number of fused-ring (bicyclic) bond motifs is 1. The number of halogens is 1. The fourth-order valence-corrected chi connectivity index (χ4v) is 3.07. The average Bonchev–Trinajstić information content (AvgIpc) is 2.60. The number of carbonyl (C=O) groups excluding carboxylic acids is 1. The summed E-state index contributed by atoms with van der Waals surface area (Å²) in [6.45, 7) is 4.22. The van der Waals surface area contributed by atoms with Crippen molar-refractivity contribution >= 4 is 34.1 Å². The molecule has 0 radical (unpaired) electrons. The smallest absolute Gasteiger partial charge is 0.261 e. The Hall–Kier alpha value is -2.79. The zero-order valence-electron chi connectivity index (χ0n) is 14.8. The van der Waals surface area contributed by atoms with Crippen molar-refractivity contribution in [3.8, 4) is 5.75 Å². The first kappa shape index (κ1) is 18.0. The molecular formula is C20H19ClN2O3. The van der Waals surface area contributed by atoms with Gasteiger partial charge in [0.05, 0.1) is 17.5 Å². The molecule has 0 unspecified atom stereocenters. The topological polar surface area (TPSA) is 60.3 Å². The van der Waals surface area contributed by atoms with E-state index in [1.54, 1.807) is 42.1 Å². The van der Waals surface area contributed by atoms with Crippen molar-refractivity contribution in [3.05, 3.63) is 69.0 Å². The average molecular weight is 371 g/mol. The molecule has 3 rings (SSSR count). The summed E-state index contributed by atoms with van der Waals surface area (Å²) in [4.78, 5) is 25.5. The van der Waals surface area contributed by atoms with Crippen LogP contribution in [0.3, 0.4) is 0 Å². The molecule has 1 aromatic heterocycles. The lowest BCUT2D eigenvalue weighted by Gasteiger charge is -2.12. The maximum atomic E-state index is 12.9. The van der Waals surface area contributed by atoms with Crippen LogP contribution in [-0.4, -0.2) is 17.1 Å². The van der Waals surface area contributed by atoms with Crippen LogP contribution in [0, 0.1) is 6.92 Å². The van der Waals surface area contributed by atoms with E-state index in [0.29, 0.717) is 28.5 Å². The Morgan fingerprint density at radius 1 is 1.23 bits per heavy atom. The maximum Gasteiger partial charge on any atom is 0.261 e. The third-order valence-corrected chi connectivity index (χ3v) is 4.39. The van der Waals surface area contributed by atoms with E-state index in [9.17, 15) is 9.59 Å². The van der Waals surface area contributed by atoms with Gasteiger partial charge in [0.1, 0.15) is 11.3 Å². The minimum Gasteiger partial charge on any atom is -0.494 e. The van der Waals surface area contributed by atoms with Crippen molar-refractivity contribution in [1.29, 1.82) is 0 Å². The summed E-state index contributed by atoms with van der Waals surface area (Å²) in [6, 6.07) is 10.5. The largest absolute Gasteiger partial charge is 0.494 e. The van der Waals surface area contributed by atoms with Crippen molar-refractivity contribution in [2.24, 2.45) is 7.05 Å². The molecule has 0 aliphatic heterocycles. The number of hydrogen-bond donors (Lipinski definition) is 1. The second-order valence-corrected chi connectivity index (χ2v) is 6.44. The van der Waals surface area contributed by atoms with Crippen LogP contribution in [-0.2, 0) is 7.05 Å². The number of benzene rings is 2. The van der Waals surface area contributed by atoms with E-state index < -0.39 is 5.91 Å². The predicted octanol–water partition coefficient (Wildman–Crippen LogP) is 4.15. The Balaban J connectivity index is 2.05. The van der Waals surface area contributed by atoms with E-state index in [1.807, 2.05) is 26.0 Å². The van der Waals surface area contributed by atoms with Crippen LogP contribution >= 0.6 is 11.6 Å². The highest BCUT2D eigenvalue weighted by Crippen LogP contribution is 2.21. The Kier molecular flexibility index (Phi) is 5.00. The number of ether oxygens (including phenoxy) is 1. The number of aryl methyl sites for hydroxylation is 2. The van der Waals surface area contributed by atoms with E-state index in [4.69, 9.17) is 16.3 Å². The SMILES string of the molecule is CCOc1ccc2c(c1)c(=O)c(C(=O)Nc1ccc(Cl)cc1C)cn2C. The lowest BCUT2D eigenvalue weighted by molar-refractivity contribution is 0.102. The number of carbonyl (C=O) groups is 1. The maximum absolute atomic E-state index is 12.9. The lowest BCUT2D eigenvalue weighted by atomic mass is 10.1. The molecular weight excluding hydrogens is 352 g/mol. The van der Waals surface area contributed by atoms with Gasteiger partial charge in [0.15, 0.2) is 0 Å². The van der Waals surface area contributed by atoms with Crippen molar-refractivity contribution in [2.75, 3.05) is 11.9 Å². The summed E-state index contributed by atoms with van der Waals surface area (Å²) in [5, 5.41) is 3.82. The molecule has 1 N–H and O–H groups in total. The molecule has 134 valence electrons. The first-order chi connectivity index (χ1) is 12.4. The molecule has 0 saturated heterocycles. The number of anilines is 1. The molecule has 0 spiro atoms. The van der Waals surface area contributed by atoms with Gasteiger partial charge in [0.2, 0.25) is 5.43 Å². The van der Waals surface area contributed by atoms with Crippen LogP contribution in [0.5, 0.6) is 5.75 Å². The molecule has 0 atom stereocenters. The van der Waals surface area contributed by atoms with Crippen molar-refractivity contribution < 1.29 is 9.53 Å². The zero-order valence-corrected chi connectivity index (χ0v) is 15.6. The second kappa shape index (κ2) is 7.22. The summed E-state index contributed by atoms with van der Waals surface area (Å²) < 4.78 is 7.23. The number of nitrogens with zero attached hydrogens (tertiary/aromatic N) is 1. The molecule has 5 nitrogen and oxygen atoms in total. The highest BCUT2D eigenvalue weighted by molar-refractivity contribution is 6.30. The molecule has 26 heavy (non-hydrogen) atoms. The summed E-state index contributed by atoms with van der Waals surface area (Å²) in [6.07, 6.45) is 1.55. The van der Waals surface area contributed by atoms with E-state index in [-0.39, 0.29) is 11.0 Å². The molecule has 2 aromatic carbocycles. The van der Waals surface area contributed by atoms with Gasteiger partial charge in [-0.25, -0.2) is 0 Å². The van der Waals surface area contributed by atoms with Crippen LogP contribution in [0.25, 0.3) is 10.9 Å². The molecule has 0 aliphatic carbocycles. The number of hydrogen-bond acceptors (Lipinski definition) is 3. The normalized spacial score (nSPS) is 10.8. The van der Waals surface area contributed by atoms with Crippen LogP contribution in [0.15, 0.2) is 47.4 Å². The monoisotopic (exact) mass is 370 g/mol. The molecule has 0 bridgehead atoms. The van der Waals surface area contributed by atoms with Gasteiger partial charge < -0.3 is 14.6 Å². The van der Waals surface area contributed by atoms with Crippen molar-refractivity contribution in [2.45, 2.75) is 13.8 Å². The second-order valence-electron chi connectivity index (χ2n) is 6.01. The number of nitrogens with one attached hydrogen (secondary N) is 1. The highest BCUT2D eigenvalue weighted by Gasteiger charge is 2.16.